The van der Waals surface area contributed by atoms with Gasteiger partial charge in [0.1, 0.15) is 11.2 Å². The summed E-state index contributed by atoms with van der Waals surface area (Å²) in [6, 6.07) is 68.3. The molecule has 0 N–H and O–H groups in total. The Morgan fingerprint density at radius 3 is 1.79 bits per heavy atom. The molecule has 1 aliphatic carbocycles. The smallest absolute Gasteiger partial charge is 0.142 e. The van der Waals surface area contributed by atoms with E-state index in [1.165, 1.54) is 48.0 Å². The molecule has 2 heterocycles. The number of benzene rings is 8. The Bertz CT molecular complexity index is 2930. The van der Waals surface area contributed by atoms with E-state index in [0.717, 1.165) is 44.6 Å². The SMILES string of the molecule is c1ccc(N(c2cccc3sc4ccccc4c23)c2ccc(C3(c4ccccc4)c4ccccc4-c4ccccc43)c3oc4ccccc4c23)cc1. The molecule has 0 radical (unpaired) electrons. The van der Waals surface area contributed by atoms with E-state index in [-0.39, 0.29) is 0 Å². The third kappa shape index (κ3) is 4.00. The van der Waals surface area contributed by atoms with Crippen molar-refractivity contribution in [1.82, 2.24) is 0 Å². The van der Waals surface area contributed by atoms with Crippen molar-refractivity contribution in [2.75, 3.05) is 4.90 Å². The van der Waals surface area contributed by atoms with Gasteiger partial charge in [0.2, 0.25) is 0 Å². The Morgan fingerprint density at radius 2 is 1.02 bits per heavy atom. The highest BCUT2D eigenvalue weighted by Gasteiger charge is 2.47. The quantitative estimate of drug-likeness (QED) is 0.180. The molecule has 0 atom stereocenters. The fourth-order valence-corrected chi connectivity index (χ4v) is 10.0. The maximum Gasteiger partial charge on any atom is 0.142 e. The Kier molecular flexibility index (Phi) is 6.37. The largest absolute Gasteiger partial charge is 0.456 e. The number of rotatable bonds is 5. The van der Waals surface area contributed by atoms with Crippen molar-refractivity contribution in [3.8, 4) is 11.1 Å². The van der Waals surface area contributed by atoms with E-state index in [0.29, 0.717) is 0 Å². The topological polar surface area (TPSA) is 16.4 Å². The minimum Gasteiger partial charge on any atom is -0.456 e. The lowest BCUT2D eigenvalue weighted by atomic mass is 9.67. The molecule has 0 saturated carbocycles. The van der Waals surface area contributed by atoms with Crippen molar-refractivity contribution >= 4 is 70.5 Å². The van der Waals surface area contributed by atoms with Gasteiger partial charge in [-0.15, -0.1) is 11.3 Å². The number of thiophene rings is 1. The van der Waals surface area contributed by atoms with Gasteiger partial charge in [-0.2, -0.15) is 0 Å². The number of anilines is 3. The van der Waals surface area contributed by atoms with E-state index in [2.05, 4.69) is 193 Å². The molecule has 0 amide bonds. The Labute approximate surface area is 305 Å². The van der Waals surface area contributed by atoms with Crippen LogP contribution in [-0.2, 0) is 5.41 Å². The minimum atomic E-state index is -0.597. The number of fused-ring (bicyclic) bond motifs is 9. The van der Waals surface area contributed by atoms with Crippen LogP contribution in [0.2, 0.25) is 0 Å². The lowest BCUT2D eigenvalue weighted by molar-refractivity contribution is 0.648. The van der Waals surface area contributed by atoms with Gasteiger partial charge in [-0.25, -0.2) is 0 Å². The monoisotopic (exact) mass is 681 g/mol. The van der Waals surface area contributed by atoms with Gasteiger partial charge in [-0.05, 0) is 70.3 Å². The molecule has 0 fully saturated rings. The normalized spacial score (nSPS) is 13.2. The average molecular weight is 682 g/mol. The lowest BCUT2D eigenvalue weighted by Gasteiger charge is -2.34. The molecule has 11 rings (SSSR count). The summed E-state index contributed by atoms with van der Waals surface area (Å²) in [7, 11) is 0. The number of para-hydroxylation sites is 2. The molecular formula is C49H31NOS. The van der Waals surface area contributed by atoms with Crippen LogP contribution >= 0.6 is 11.3 Å². The number of nitrogens with zero attached hydrogens (tertiary/aromatic N) is 1. The Hall–Kier alpha value is -6.42. The first-order valence-electron chi connectivity index (χ1n) is 17.8. The highest BCUT2D eigenvalue weighted by molar-refractivity contribution is 7.26. The molecule has 10 aromatic rings. The predicted molar refractivity (Wildman–Crippen MR) is 219 cm³/mol. The molecule has 2 aromatic heterocycles. The van der Waals surface area contributed by atoms with Gasteiger partial charge in [-0.3, -0.25) is 0 Å². The van der Waals surface area contributed by atoms with Crippen molar-refractivity contribution in [3.05, 3.63) is 210 Å². The second kappa shape index (κ2) is 11.3. The van der Waals surface area contributed by atoms with E-state index in [9.17, 15) is 0 Å². The predicted octanol–water partition coefficient (Wildman–Crippen LogP) is 13.8. The van der Waals surface area contributed by atoms with Gasteiger partial charge in [0.05, 0.1) is 22.2 Å². The van der Waals surface area contributed by atoms with Gasteiger partial charge in [0.25, 0.3) is 0 Å². The summed E-state index contributed by atoms with van der Waals surface area (Å²) in [4.78, 5) is 2.45. The number of furan rings is 1. The zero-order valence-electron chi connectivity index (χ0n) is 28.2. The van der Waals surface area contributed by atoms with Crippen LogP contribution in [0, 0.1) is 0 Å². The van der Waals surface area contributed by atoms with E-state index >= 15 is 0 Å². The molecule has 0 spiro atoms. The number of hydrogen-bond donors (Lipinski definition) is 0. The van der Waals surface area contributed by atoms with Crippen LogP contribution in [0.15, 0.2) is 192 Å². The summed E-state index contributed by atoms with van der Waals surface area (Å²) in [6.45, 7) is 0. The lowest BCUT2D eigenvalue weighted by Crippen LogP contribution is -2.29. The highest BCUT2D eigenvalue weighted by atomic mass is 32.1. The fraction of sp³-hybridized carbons (Fsp3) is 0.0204. The molecule has 8 aromatic carbocycles. The van der Waals surface area contributed by atoms with Crippen molar-refractivity contribution in [1.29, 1.82) is 0 Å². The van der Waals surface area contributed by atoms with E-state index < -0.39 is 5.41 Å². The molecule has 52 heavy (non-hydrogen) atoms. The first kappa shape index (κ1) is 29.3. The second-order valence-corrected chi connectivity index (χ2v) is 14.6. The van der Waals surface area contributed by atoms with Crippen molar-refractivity contribution in [3.63, 3.8) is 0 Å². The summed E-state index contributed by atoms with van der Waals surface area (Å²) in [5.41, 5.74) is 11.9. The summed E-state index contributed by atoms with van der Waals surface area (Å²) < 4.78 is 9.71. The van der Waals surface area contributed by atoms with Crippen LogP contribution in [0.3, 0.4) is 0 Å². The first-order chi connectivity index (χ1) is 25.8. The summed E-state index contributed by atoms with van der Waals surface area (Å²) in [6.07, 6.45) is 0. The number of hydrogen-bond acceptors (Lipinski definition) is 3. The molecule has 0 unspecified atom stereocenters. The molecule has 0 aliphatic heterocycles. The molecule has 2 nitrogen and oxygen atoms in total. The van der Waals surface area contributed by atoms with Crippen LogP contribution in [-0.4, -0.2) is 0 Å². The van der Waals surface area contributed by atoms with E-state index in [4.69, 9.17) is 4.42 Å². The van der Waals surface area contributed by atoms with Crippen LogP contribution in [0.4, 0.5) is 17.1 Å². The Morgan fingerprint density at radius 1 is 0.423 bits per heavy atom. The van der Waals surface area contributed by atoms with E-state index in [1.807, 2.05) is 11.3 Å². The molecule has 244 valence electrons. The van der Waals surface area contributed by atoms with Crippen molar-refractivity contribution in [2.24, 2.45) is 0 Å². The zero-order chi connectivity index (χ0) is 34.2. The standard InChI is InChI=1S/C49H31NOS/c1-3-16-32(17-4-1)49(38-24-11-7-20-34(38)35-21-8-12-25-39(35)49)40-30-31-42(47-36-22-9-13-27-43(36)51-48(40)47)50(33-18-5-2-6-19-33)41-26-15-29-45-46(41)37-23-10-14-28-44(37)52-45/h1-31H. The third-order valence-corrected chi connectivity index (χ3v) is 12.1. The zero-order valence-corrected chi connectivity index (χ0v) is 29.0. The first-order valence-corrected chi connectivity index (χ1v) is 18.6. The van der Waals surface area contributed by atoms with Gasteiger partial charge >= 0.3 is 0 Å². The van der Waals surface area contributed by atoms with Crippen LogP contribution < -0.4 is 4.90 Å². The van der Waals surface area contributed by atoms with Gasteiger partial charge in [-0.1, -0.05) is 146 Å². The average Bonchev–Trinajstić information content (AvgIpc) is 3.88. The van der Waals surface area contributed by atoms with Gasteiger partial charge in [0.15, 0.2) is 0 Å². The molecule has 0 bridgehead atoms. The molecule has 3 heteroatoms. The molecule has 1 aliphatic rings. The highest BCUT2D eigenvalue weighted by Crippen LogP contribution is 2.59. The summed E-state index contributed by atoms with van der Waals surface area (Å²) in [5.74, 6) is 0. The Balaban J connectivity index is 1.29. The van der Waals surface area contributed by atoms with Crippen molar-refractivity contribution < 1.29 is 4.42 Å². The fourth-order valence-electron chi connectivity index (χ4n) is 8.90. The van der Waals surface area contributed by atoms with Crippen LogP contribution in [0.5, 0.6) is 0 Å². The maximum absolute atomic E-state index is 7.15. The van der Waals surface area contributed by atoms with Crippen molar-refractivity contribution in [2.45, 2.75) is 5.41 Å². The summed E-state index contributed by atoms with van der Waals surface area (Å²) >= 11 is 1.85. The van der Waals surface area contributed by atoms with Crippen LogP contribution in [0.25, 0.3) is 53.2 Å². The van der Waals surface area contributed by atoms with Crippen LogP contribution in [0.1, 0.15) is 22.3 Å². The second-order valence-electron chi connectivity index (χ2n) is 13.6. The molecular weight excluding hydrogens is 651 g/mol. The van der Waals surface area contributed by atoms with Gasteiger partial charge < -0.3 is 9.32 Å². The maximum atomic E-state index is 7.15. The molecule has 0 saturated heterocycles. The summed E-state index contributed by atoms with van der Waals surface area (Å²) in [5, 5.41) is 4.73. The van der Waals surface area contributed by atoms with Gasteiger partial charge in [0, 0.05) is 36.8 Å². The minimum absolute atomic E-state index is 0.597. The third-order valence-electron chi connectivity index (χ3n) is 10.9. The van der Waals surface area contributed by atoms with E-state index in [1.54, 1.807) is 0 Å².